The summed E-state index contributed by atoms with van der Waals surface area (Å²) in [5.41, 5.74) is 7.86. The Bertz CT molecular complexity index is 310. The first-order chi connectivity index (χ1) is 6.56. The van der Waals surface area contributed by atoms with Crippen molar-refractivity contribution in [2.24, 2.45) is 5.73 Å². The van der Waals surface area contributed by atoms with Gasteiger partial charge in [-0.05, 0) is 37.1 Å². The quantitative estimate of drug-likeness (QED) is 0.766. The van der Waals surface area contributed by atoms with E-state index in [1.54, 1.807) is 14.0 Å². The molecule has 0 saturated carbocycles. The third-order valence-corrected chi connectivity index (χ3v) is 2.37. The van der Waals surface area contributed by atoms with Crippen molar-refractivity contribution in [1.82, 2.24) is 0 Å². The number of methoxy groups -OCH3 is 1. The second-order valence-corrected chi connectivity index (χ2v) is 3.49. The van der Waals surface area contributed by atoms with Crippen molar-refractivity contribution >= 4 is 0 Å². The van der Waals surface area contributed by atoms with Gasteiger partial charge >= 0.3 is 0 Å². The molecule has 0 aliphatic rings. The van der Waals surface area contributed by atoms with Gasteiger partial charge in [0.15, 0.2) is 0 Å². The van der Waals surface area contributed by atoms with Crippen molar-refractivity contribution in [1.29, 1.82) is 0 Å². The molecule has 3 heteroatoms. The number of hydrogen-bond donors (Lipinski definition) is 2. The minimum absolute atomic E-state index is 0.356. The summed E-state index contributed by atoms with van der Waals surface area (Å²) in [4.78, 5) is 0. The van der Waals surface area contributed by atoms with Gasteiger partial charge in [-0.25, -0.2) is 0 Å². The molecule has 0 heterocycles. The smallest absolute Gasteiger partial charge is 0.119 e. The highest BCUT2D eigenvalue weighted by molar-refractivity contribution is 5.37. The maximum atomic E-state index is 9.40. The Kier molecular flexibility index (Phi) is 3.49. The number of aliphatic hydroxyl groups is 1. The van der Waals surface area contributed by atoms with Crippen molar-refractivity contribution in [3.05, 3.63) is 29.3 Å². The Hall–Kier alpha value is -1.06. The minimum Gasteiger partial charge on any atom is -0.497 e. The summed E-state index contributed by atoms with van der Waals surface area (Å²) in [5.74, 6) is 0.765. The summed E-state index contributed by atoms with van der Waals surface area (Å²) >= 11 is 0. The van der Waals surface area contributed by atoms with Crippen molar-refractivity contribution in [3.8, 4) is 5.75 Å². The van der Waals surface area contributed by atoms with Gasteiger partial charge in [0, 0.05) is 0 Å². The zero-order valence-corrected chi connectivity index (χ0v) is 8.82. The zero-order valence-electron chi connectivity index (χ0n) is 8.82. The summed E-state index contributed by atoms with van der Waals surface area (Å²) in [7, 11) is 1.61. The van der Waals surface area contributed by atoms with Gasteiger partial charge in [-0.1, -0.05) is 6.07 Å². The molecule has 1 rings (SSSR count). The lowest BCUT2D eigenvalue weighted by Gasteiger charge is -2.18. The summed E-state index contributed by atoms with van der Waals surface area (Å²) in [6, 6.07) is 5.33. The van der Waals surface area contributed by atoms with E-state index in [9.17, 15) is 5.11 Å². The fraction of sp³-hybridized carbons (Fsp3) is 0.455. The molecule has 0 amide bonds. The van der Waals surface area contributed by atoms with E-state index in [4.69, 9.17) is 10.5 Å². The molecule has 0 unspecified atom stereocenters. The number of hydrogen-bond acceptors (Lipinski definition) is 3. The van der Waals surface area contributed by atoms with Crippen LogP contribution < -0.4 is 10.5 Å². The standard InChI is InChI=1S/C11H17NO2/c1-7-4-5-9(14-3)6-10(7)11(12)8(2)13/h4-6,8,11,13H,12H2,1-3H3/t8-,11+/m1/s1. The van der Waals surface area contributed by atoms with Gasteiger partial charge in [-0.3, -0.25) is 0 Å². The molecule has 0 spiro atoms. The highest BCUT2D eigenvalue weighted by atomic mass is 16.5. The minimum atomic E-state index is -0.555. The molecule has 0 saturated heterocycles. The average molecular weight is 195 g/mol. The van der Waals surface area contributed by atoms with Crippen LogP contribution in [0.3, 0.4) is 0 Å². The molecule has 78 valence electrons. The van der Waals surface area contributed by atoms with Gasteiger partial charge in [0.2, 0.25) is 0 Å². The lowest BCUT2D eigenvalue weighted by atomic mass is 9.98. The Balaban J connectivity index is 3.05. The second kappa shape index (κ2) is 4.44. The molecule has 0 aromatic heterocycles. The number of aliphatic hydroxyl groups excluding tert-OH is 1. The first-order valence-corrected chi connectivity index (χ1v) is 4.64. The fourth-order valence-corrected chi connectivity index (χ4v) is 1.36. The van der Waals surface area contributed by atoms with Crippen molar-refractivity contribution in [3.63, 3.8) is 0 Å². The topological polar surface area (TPSA) is 55.5 Å². The van der Waals surface area contributed by atoms with E-state index in [2.05, 4.69) is 0 Å². The van der Waals surface area contributed by atoms with E-state index in [0.717, 1.165) is 16.9 Å². The maximum absolute atomic E-state index is 9.40. The molecule has 3 N–H and O–H groups in total. The van der Waals surface area contributed by atoms with E-state index < -0.39 is 6.10 Å². The number of aryl methyl sites for hydroxylation is 1. The molecule has 0 aliphatic heterocycles. The molecule has 1 aromatic rings. The molecule has 1 aromatic carbocycles. The molecule has 2 atom stereocenters. The first-order valence-electron chi connectivity index (χ1n) is 4.64. The lowest BCUT2D eigenvalue weighted by molar-refractivity contribution is 0.164. The Morgan fingerprint density at radius 2 is 2.07 bits per heavy atom. The second-order valence-electron chi connectivity index (χ2n) is 3.49. The van der Waals surface area contributed by atoms with Gasteiger partial charge < -0.3 is 15.6 Å². The van der Waals surface area contributed by atoms with Crippen LogP contribution >= 0.6 is 0 Å². The van der Waals surface area contributed by atoms with E-state index in [1.807, 2.05) is 25.1 Å². The van der Waals surface area contributed by atoms with Crippen LogP contribution in [0.25, 0.3) is 0 Å². The van der Waals surface area contributed by atoms with E-state index >= 15 is 0 Å². The molecular weight excluding hydrogens is 178 g/mol. The van der Waals surface area contributed by atoms with Gasteiger partial charge in [0.1, 0.15) is 5.75 Å². The number of rotatable bonds is 3. The highest BCUT2D eigenvalue weighted by Crippen LogP contribution is 2.23. The van der Waals surface area contributed by atoms with E-state index in [-0.39, 0.29) is 6.04 Å². The van der Waals surface area contributed by atoms with Crippen LogP contribution in [0, 0.1) is 6.92 Å². The largest absolute Gasteiger partial charge is 0.497 e. The van der Waals surface area contributed by atoms with Crippen LogP contribution in [0.1, 0.15) is 24.1 Å². The van der Waals surface area contributed by atoms with Crippen molar-refractivity contribution in [2.45, 2.75) is 26.0 Å². The maximum Gasteiger partial charge on any atom is 0.119 e. The molecule has 14 heavy (non-hydrogen) atoms. The van der Waals surface area contributed by atoms with Gasteiger partial charge in [0.25, 0.3) is 0 Å². The molecular formula is C11H17NO2. The van der Waals surface area contributed by atoms with Crippen LogP contribution in [0.4, 0.5) is 0 Å². The third kappa shape index (κ3) is 2.25. The van der Waals surface area contributed by atoms with Crippen molar-refractivity contribution in [2.75, 3.05) is 7.11 Å². The van der Waals surface area contributed by atoms with Crippen LogP contribution in [0.5, 0.6) is 5.75 Å². The zero-order chi connectivity index (χ0) is 10.7. The number of nitrogens with two attached hydrogens (primary N) is 1. The number of benzene rings is 1. The van der Waals surface area contributed by atoms with Crippen LogP contribution in [0.2, 0.25) is 0 Å². The molecule has 0 fully saturated rings. The predicted octanol–water partition coefficient (Wildman–Crippen LogP) is 1.38. The normalized spacial score (nSPS) is 14.9. The summed E-state index contributed by atoms with van der Waals surface area (Å²) in [5, 5.41) is 9.40. The summed E-state index contributed by atoms with van der Waals surface area (Å²) in [6.45, 7) is 3.65. The van der Waals surface area contributed by atoms with Crippen LogP contribution in [-0.2, 0) is 0 Å². The monoisotopic (exact) mass is 195 g/mol. The van der Waals surface area contributed by atoms with Crippen molar-refractivity contribution < 1.29 is 9.84 Å². The lowest BCUT2D eigenvalue weighted by Crippen LogP contribution is -2.24. The summed E-state index contributed by atoms with van der Waals surface area (Å²) in [6.07, 6.45) is -0.555. The van der Waals surface area contributed by atoms with Crippen LogP contribution in [-0.4, -0.2) is 18.3 Å². The molecule has 0 radical (unpaired) electrons. The molecule has 0 aliphatic carbocycles. The third-order valence-electron chi connectivity index (χ3n) is 2.37. The van der Waals surface area contributed by atoms with Gasteiger partial charge in [0.05, 0.1) is 19.3 Å². The average Bonchev–Trinajstić information content (AvgIpc) is 2.17. The fourth-order valence-electron chi connectivity index (χ4n) is 1.36. The SMILES string of the molecule is COc1ccc(C)c([C@@H](N)[C@@H](C)O)c1. The Morgan fingerprint density at radius 1 is 1.43 bits per heavy atom. The Morgan fingerprint density at radius 3 is 2.57 bits per heavy atom. The van der Waals surface area contributed by atoms with Gasteiger partial charge in [-0.2, -0.15) is 0 Å². The summed E-state index contributed by atoms with van der Waals surface area (Å²) < 4.78 is 5.10. The molecule has 0 bridgehead atoms. The van der Waals surface area contributed by atoms with E-state index in [0.29, 0.717) is 0 Å². The van der Waals surface area contributed by atoms with E-state index in [1.165, 1.54) is 0 Å². The highest BCUT2D eigenvalue weighted by Gasteiger charge is 2.14. The molecule has 3 nitrogen and oxygen atoms in total. The first kappa shape index (κ1) is 11.0. The van der Waals surface area contributed by atoms with Gasteiger partial charge in [-0.15, -0.1) is 0 Å². The predicted molar refractivity (Wildman–Crippen MR) is 56.3 cm³/mol. The Labute approximate surface area is 84.5 Å². The van der Waals surface area contributed by atoms with Crippen LogP contribution in [0.15, 0.2) is 18.2 Å². The number of ether oxygens (including phenoxy) is 1.